The number of aryl methyl sites for hydroxylation is 1. The Morgan fingerprint density at radius 2 is 1.96 bits per heavy atom. The zero-order valence-corrected chi connectivity index (χ0v) is 14.6. The van der Waals surface area contributed by atoms with Crippen LogP contribution in [0.1, 0.15) is 22.6 Å². The Balaban J connectivity index is 1.77. The molecule has 8 heteroatoms. The summed E-state index contributed by atoms with van der Waals surface area (Å²) in [6, 6.07) is 6.53. The second-order valence-electron chi connectivity index (χ2n) is 6.26. The number of rotatable bonds is 1. The topological polar surface area (TPSA) is 41.9 Å². The van der Waals surface area contributed by atoms with Crippen LogP contribution in [0.3, 0.4) is 0 Å². The van der Waals surface area contributed by atoms with Gasteiger partial charge in [0.05, 0.1) is 11.1 Å². The Labute approximate surface area is 152 Å². The molecule has 0 atom stereocenters. The predicted octanol–water partition coefficient (Wildman–Crippen LogP) is 4.57. The van der Waals surface area contributed by atoms with Crippen LogP contribution >= 0.6 is 11.6 Å². The normalized spacial score (nSPS) is 14.6. The van der Waals surface area contributed by atoms with E-state index in [9.17, 15) is 13.2 Å². The molecule has 1 aromatic carbocycles. The van der Waals surface area contributed by atoms with Crippen LogP contribution in [0.15, 0.2) is 30.5 Å². The third kappa shape index (κ3) is 3.07. The molecule has 0 spiro atoms. The first-order chi connectivity index (χ1) is 12.3. The third-order valence-electron chi connectivity index (χ3n) is 4.42. The van der Waals surface area contributed by atoms with Gasteiger partial charge in [-0.25, -0.2) is 9.97 Å². The summed E-state index contributed by atoms with van der Waals surface area (Å²) in [6.45, 7) is 2.71. The average molecular weight is 379 g/mol. The van der Waals surface area contributed by atoms with Crippen molar-refractivity contribution in [2.24, 2.45) is 0 Å². The molecule has 0 bridgehead atoms. The van der Waals surface area contributed by atoms with Crippen molar-refractivity contribution in [3.63, 3.8) is 0 Å². The van der Waals surface area contributed by atoms with Gasteiger partial charge in [0.25, 0.3) is 0 Å². The molecule has 1 aliphatic heterocycles. The van der Waals surface area contributed by atoms with Crippen LogP contribution in [0.25, 0.3) is 10.9 Å². The molecular weight excluding hydrogens is 365 g/mol. The SMILES string of the molecule is Cc1nc(N2CCc3ncc(C(F)(F)F)cc3C2)c2cc(Cl)ccc2n1. The lowest BCUT2D eigenvalue weighted by Gasteiger charge is -2.30. The summed E-state index contributed by atoms with van der Waals surface area (Å²) in [5.41, 5.74) is 1.29. The van der Waals surface area contributed by atoms with Gasteiger partial charge in [-0.2, -0.15) is 13.2 Å². The van der Waals surface area contributed by atoms with E-state index in [0.29, 0.717) is 47.4 Å². The lowest BCUT2D eigenvalue weighted by molar-refractivity contribution is -0.137. The van der Waals surface area contributed by atoms with Gasteiger partial charge in [0.2, 0.25) is 0 Å². The Morgan fingerprint density at radius 1 is 1.15 bits per heavy atom. The highest BCUT2D eigenvalue weighted by Gasteiger charge is 2.32. The smallest absolute Gasteiger partial charge is 0.351 e. The quantitative estimate of drug-likeness (QED) is 0.622. The molecule has 0 saturated carbocycles. The van der Waals surface area contributed by atoms with Crippen molar-refractivity contribution in [1.82, 2.24) is 15.0 Å². The van der Waals surface area contributed by atoms with Crippen molar-refractivity contribution in [2.75, 3.05) is 11.4 Å². The molecule has 2 aromatic heterocycles. The van der Waals surface area contributed by atoms with Crippen LogP contribution in [0.2, 0.25) is 5.02 Å². The van der Waals surface area contributed by atoms with E-state index in [0.717, 1.165) is 17.1 Å². The van der Waals surface area contributed by atoms with Crippen molar-refractivity contribution >= 4 is 28.3 Å². The first-order valence-electron chi connectivity index (χ1n) is 8.05. The predicted molar refractivity (Wildman–Crippen MR) is 93.3 cm³/mol. The maximum absolute atomic E-state index is 13.0. The number of alkyl halides is 3. The van der Waals surface area contributed by atoms with Gasteiger partial charge in [0.15, 0.2) is 0 Å². The van der Waals surface area contributed by atoms with Gasteiger partial charge < -0.3 is 4.90 Å². The van der Waals surface area contributed by atoms with Crippen LogP contribution in [0, 0.1) is 6.92 Å². The fourth-order valence-electron chi connectivity index (χ4n) is 3.20. The summed E-state index contributed by atoms with van der Waals surface area (Å²) in [5, 5.41) is 1.34. The van der Waals surface area contributed by atoms with E-state index >= 15 is 0 Å². The summed E-state index contributed by atoms with van der Waals surface area (Å²) in [7, 11) is 0. The molecule has 3 heterocycles. The zero-order valence-electron chi connectivity index (χ0n) is 13.8. The third-order valence-corrected chi connectivity index (χ3v) is 4.65. The van der Waals surface area contributed by atoms with E-state index in [-0.39, 0.29) is 0 Å². The minimum Gasteiger partial charge on any atom is -0.351 e. The fourth-order valence-corrected chi connectivity index (χ4v) is 3.37. The summed E-state index contributed by atoms with van der Waals surface area (Å²) in [4.78, 5) is 14.9. The van der Waals surface area contributed by atoms with Gasteiger partial charge in [-0.05, 0) is 36.8 Å². The number of nitrogens with zero attached hydrogens (tertiary/aromatic N) is 4. The largest absolute Gasteiger partial charge is 0.417 e. The number of hydrogen-bond donors (Lipinski definition) is 0. The van der Waals surface area contributed by atoms with Crippen LogP contribution in [0.5, 0.6) is 0 Å². The zero-order chi connectivity index (χ0) is 18.5. The molecule has 0 amide bonds. The summed E-state index contributed by atoms with van der Waals surface area (Å²) >= 11 is 6.11. The van der Waals surface area contributed by atoms with Gasteiger partial charge in [-0.15, -0.1) is 0 Å². The molecule has 0 saturated heterocycles. The van der Waals surface area contributed by atoms with Gasteiger partial charge in [-0.3, -0.25) is 4.98 Å². The minimum atomic E-state index is -4.41. The second kappa shape index (κ2) is 6.09. The molecule has 134 valence electrons. The summed E-state index contributed by atoms with van der Waals surface area (Å²) in [6.07, 6.45) is -2.95. The van der Waals surface area contributed by atoms with Gasteiger partial charge in [0.1, 0.15) is 11.6 Å². The van der Waals surface area contributed by atoms with Crippen molar-refractivity contribution < 1.29 is 13.2 Å². The molecule has 26 heavy (non-hydrogen) atoms. The maximum Gasteiger partial charge on any atom is 0.417 e. The van der Waals surface area contributed by atoms with E-state index in [1.54, 1.807) is 19.1 Å². The van der Waals surface area contributed by atoms with E-state index in [1.165, 1.54) is 6.07 Å². The lowest BCUT2D eigenvalue weighted by atomic mass is 10.0. The molecule has 0 unspecified atom stereocenters. The minimum absolute atomic E-state index is 0.310. The fraction of sp³-hybridized carbons (Fsp3) is 0.278. The summed E-state index contributed by atoms with van der Waals surface area (Å²) in [5.74, 6) is 1.28. The highest BCUT2D eigenvalue weighted by Crippen LogP contribution is 2.33. The molecule has 0 radical (unpaired) electrons. The maximum atomic E-state index is 13.0. The standard InChI is InChI=1S/C18H14ClF3N4/c1-10-24-16-3-2-13(19)7-14(16)17(25-10)26-5-4-15-11(9-26)6-12(8-23-15)18(20,21)22/h2-3,6-8H,4-5,9H2,1H3. The highest BCUT2D eigenvalue weighted by atomic mass is 35.5. The first-order valence-corrected chi connectivity index (χ1v) is 8.43. The number of halogens is 4. The van der Waals surface area contributed by atoms with Crippen molar-refractivity contribution in [3.05, 3.63) is 58.1 Å². The number of anilines is 1. The number of aromatic nitrogens is 3. The van der Waals surface area contributed by atoms with E-state index in [2.05, 4.69) is 15.0 Å². The monoisotopic (exact) mass is 378 g/mol. The first kappa shape index (κ1) is 17.0. The molecule has 0 N–H and O–H groups in total. The number of pyridine rings is 1. The van der Waals surface area contributed by atoms with E-state index < -0.39 is 11.7 Å². The van der Waals surface area contributed by atoms with Crippen molar-refractivity contribution in [1.29, 1.82) is 0 Å². The Hall–Kier alpha value is -2.41. The average Bonchev–Trinajstić information content (AvgIpc) is 2.59. The van der Waals surface area contributed by atoms with Gasteiger partial charge in [0, 0.05) is 41.8 Å². The molecule has 4 rings (SSSR count). The van der Waals surface area contributed by atoms with Crippen molar-refractivity contribution in [2.45, 2.75) is 26.1 Å². The lowest BCUT2D eigenvalue weighted by Crippen LogP contribution is -2.32. The van der Waals surface area contributed by atoms with Crippen LogP contribution < -0.4 is 4.90 Å². The number of benzene rings is 1. The van der Waals surface area contributed by atoms with E-state index in [1.807, 2.05) is 11.0 Å². The van der Waals surface area contributed by atoms with Gasteiger partial charge >= 0.3 is 6.18 Å². The van der Waals surface area contributed by atoms with Crippen LogP contribution in [0.4, 0.5) is 19.0 Å². The molecule has 3 aromatic rings. The summed E-state index contributed by atoms with van der Waals surface area (Å²) < 4.78 is 39.0. The molecule has 4 nitrogen and oxygen atoms in total. The van der Waals surface area contributed by atoms with E-state index in [4.69, 9.17) is 11.6 Å². The number of hydrogen-bond acceptors (Lipinski definition) is 4. The highest BCUT2D eigenvalue weighted by molar-refractivity contribution is 6.31. The Kier molecular flexibility index (Phi) is 3.99. The van der Waals surface area contributed by atoms with Crippen LogP contribution in [-0.4, -0.2) is 21.5 Å². The van der Waals surface area contributed by atoms with Crippen LogP contribution in [-0.2, 0) is 19.1 Å². The number of fused-ring (bicyclic) bond motifs is 2. The van der Waals surface area contributed by atoms with Crippen molar-refractivity contribution in [3.8, 4) is 0 Å². The molecule has 1 aliphatic rings. The molecule has 0 aliphatic carbocycles. The Bertz CT molecular complexity index is 1000. The van der Waals surface area contributed by atoms with Gasteiger partial charge in [-0.1, -0.05) is 11.6 Å². The molecular formula is C18H14ClF3N4. The second-order valence-corrected chi connectivity index (χ2v) is 6.69. The Morgan fingerprint density at radius 3 is 2.73 bits per heavy atom. The molecule has 0 fully saturated rings.